The number of nitrogens with one attached hydrogen (secondary N) is 2. The number of nitrogens with two attached hydrogens (primary N) is 1. The topological polar surface area (TPSA) is 93.5 Å². The van der Waals surface area contributed by atoms with E-state index in [2.05, 4.69) is 38.7 Å². The lowest BCUT2D eigenvalue weighted by Crippen LogP contribution is -2.47. The Morgan fingerprint density at radius 1 is 1.21 bits per heavy atom. The van der Waals surface area contributed by atoms with E-state index in [-0.39, 0.29) is 42.7 Å². The molecular weight excluding hydrogens is 398 g/mol. The van der Waals surface area contributed by atoms with Gasteiger partial charge >= 0.3 is 0 Å². The molecule has 0 bridgehead atoms. The molecule has 0 aromatic heterocycles. The van der Waals surface area contributed by atoms with Crippen molar-refractivity contribution in [2.45, 2.75) is 18.3 Å². The standard InChI is InChI=1S/C16H22BrN3O3.ClH/c17-13-3-1-2-12(8-13)16(4-6-23-7-5-16)11-20-15(22)10-19-14(21)9-18;/h1-3,8H,4-7,9-11,18H2,(H,19,21)(H,20,22);1H. The number of carbonyl (C=O) groups excluding carboxylic acids is 2. The Bertz CT molecular complexity index is 565. The summed E-state index contributed by atoms with van der Waals surface area (Å²) < 4.78 is 6.50. The molecule has 0 spiro atoms. The van der Waals surface area contributed by atoms with Crippen LogP contribution in [0, 0.1) is 0 Å². The minimum atomic E-state index is -0.340. The van der Waals surface area contributed by atoms with Crippen LogP contribution in [0.2, 0.25) is 0 Å². The van der Waals surface area contributed by atoms with Gasteiger partial charge < -0.3 is 21.1 Å². The highest BCUT2D eigenvalue weighted by molar-refractivity contribution is 9.10. The fourth-order valence-electron chi connectivity index (χ4n) is 2.73. The Morgan fingerprint density at radius 3 is 2.54 bits per heavy atom. The van der Waals surface area contributed by atoms with Crippen molar-refractivity contribution in [3.05, 3.63) is 34.3 Å². The summed E-state index contributed by atoms with van der Waals surface area (Å²) in [6.45, 7) is 1.69. The maximum atomic E-state index is 11.9. The van der Waals surface area contributed by atoms with E-state index in [1.165, 1.54) is 5.56 Å². The van der Waals surface area contributed by atoms with Crippen molar-refractivity contribution in [3.8, 4) is 0 Å². The van der Waals surface area contributed by atoms with Gasteiger partial charge in [0.05, 0.1) is 13.1 Å². The Hall–Kier alpha value is -1.15. The van der Waals surface area contributed by atoms with Gasteiger partial charge in [0.15, 0.2) is 0 Å². The third-order valence-corrected chi connectivity index (χ3v) is 4.64. The van der Waals surface area contributed by atoms with E-state index in [1.54, 1.807) is 0 Å². The fraction of sp³-hybridized carbons (Fsp3) is 0.500. The number of carbonyl (C=O) groups is 2. The summed E-state index contributed by atoms with van der Waals surface area (Å²) >= 11 is 3.50. The van der Waals surface area contributed by atoms with E-state index >= 15 is 0 Å². The Labute approximate surface area is 156 Å². The molecule has 1 aliphatic rings. The van der Waals surface area contributed by atoms with Crippen LogP contribution in [-0.2, 0) is 19.7 Å². The smallest absolute Gasteiger partial charge is 0.239 e. The fourth-order valence-corrected chi connectivity index (χ4v) is 3.13. The van der Waals surface area contributed by atoms with Crippen LogP contribution >= 0.6 is 28.3 Å². The van der Waals surface area contributed by atoms with Crippen molar-refractivity contribution in [3.63, 3.8) is 0 Å². The first-order chi connectivity index (χ1) is 11.1. The van der Waals surface area contributed by atoms with Crippen LogP contribution in [0.1, 0.15) is 18.4 Å². The van der Waals surface area contributed by atoms with Gasteiger partial charge in [-0.3, -0.25) is 9.59 Å². The second kappa shape index (κ2) is 9.98. The zero-order valence-electron chi connectivity index (χ0n) is 13.3. The predicted molar refractivity (Wildman–Crippen MR) is 98.2 cm³/mol. The molecule has 24 heavy (non-hydrogen) atoms. The largest absolute Gasteiger partial charge is 0.381 e. The minimum absolute atomic E-state index is 0. The molecule has 1 heterocycles. The number of amides is 2. The number of halogens is 2. The summed E-state index contributed by atoms with van der Waals surface area (Å²) in [4.78, 5) is 23.0. The number of benzene rings is 1. The van der Waals surface area contributed by atoms with Crippen molar-refractivity contribution in [1.29, 1.82) is 0 Å². The van der Waals surface area contributed by atoms with E-state index in [0.717, 1.165) is 17.3 Å². The van der Waals surface area contributed by atoms with E-state index in [1.807, 2.05) is 12.1 Å². The van der Waals surface area contributed by atoms with Crippen LogP contribution in [0.5, 0.6) is 0 Å². The van der Waals surface area contributed by atoms with E-state index in [9.17, 15) is 9.59 Å². The van der Waals surface area contributed by atoms with Gasteiger partial charge in [0.2, 0.25) is 11.8 Å². The summed E-state index contributed by atoms with van der Waals surface area (Å²) in [7, 11) is 0. The van der Waals surface area contributed by atoms with Crippen LogP contribution in [-0.4, -0.2) is 44.7 Å². The minimum Gasteiger partial charge on any atom is -0.381 e. The third-order valence-electron chi connectivity index (χ3n) is 4.14. The highest BCUT2D eigenvalue weighted by Gasteiger charge is 2.34. The van der Waals surface area contributed by atoms with E-state index in [4.69, 9.17) is 10.5 Å². The number of rotatable bonds is 6. The zero-order valence-corrected chi connectivity index (χ0v) is 15.7. The number of ether oxygens (including phenoxy) is 1. The predicted octanol–water partition coefficient (Wildman–Crippen LogP) is 1.11. The van der Waals surface area contributed by atoms with Gasteiger partial charge in [-0.25, -0.2) is 0 Å². The average molecular weight is 421 g/mol. The molecule has 0 unspecified atom stereocenters. The molecule has 2 amide bonds. The van der Waals surface area contributed by atoms with Gasteiger partial charge in [-0.1, -0.05) is 28.1 Å². The summed E-state index contributed by atoms with van der Waals surface area (Å²) in [5, 5.41) is 5.40. The van der Waals surface area contributed by atoms with Gasteiger partial charge in [0.1, 0.15) is 0 Å². The Kier molecular flexibility index (Phi) is 8.69. The molecule has 0 saturated carbocycles. The van der Waals surface area contributed by atoms with Crippen LogP contribution < -0.4 is 16.4 Å². The van der Waals surface area contributed by atoms with E-state index < -0.39 is 0 Å². The van der Waals surface area contributed by atoms with Crippen molar-refractivity contribution < 1.29 is 14.3 Å². The molecule has 0 aliphatic carbocycles. The second-order valence-electron chi connectivity index (χ2n) is 5.66. The van der Waals surface area contributed by atoms with Crippen LogP contribution in [0.4, 0.5) is 0 Å². The normalized spacial score (nSPS) is 15.9. The number of hydrogen-bond donors (Lipinski definition) is 3. The van der Waals surface area contributed by atoms with E-state index in [0.29, 0.717) is 19.8 Å². The molecule has 2 rings (SSSR count). The summed E-state index contributed by atoms with van der Waals surface area (Å²) in [6, 6.07) is 8.16. The maximum absolute atomic E-state index is 11.9. The second-order valence-corrected chi connectivity index (χ2v) is 6.58. The molecular formula is C16H23BrClN3O3. The molecule has 6 nitrogen and oxygen atoms in total. The SMILES string of the molecule is Cl.NCC(=O)NCC(=O)NCC1(c2cccc(Br)c2)CCOCC1. The molecule has 134 valence electrons. The monoisotopic (exact) mass is 419 g/mol. The van der Waals surface area contributed by atoms with Crippen molar-refractivity contribution >= 4 is 40.2 Å². The van der Waals surface area contributed by atoms with Crippen LogP contribution in [0.15, 0.2) is 28.7 Å². The third kappa shape index (κ3) is 5.73. The first-order valence-corrected chi connectivity index (χ1v) is 8.42. The highest BCUT2D eigenvalue weighted by Crippen LogP contribution is 2.35. The van der Waals surface area contributed by atoms with Crippen LogP contribution in [0.3, 0.4) is 0 Å². The molecule has 1 aromatic carbocycles. The molecule has 0 atom stereocenters. The quantitative estimate of drug-likeness (QED) is 0.643. The lowest BCUT2D eigenvalue weighted by atomic mass is 9.74. The van der Waals surface area contributed by atoms with Crippen molar-refractivity contribution in [2.24, 2.45) is 5.73 Å². The lowest BCUT2D eigenvalue weighted by molar-refractivity contribution is -0.125. The summed E-state index contributed by atoms with van der Waals surface area (Å²) in [5.74, 6) is -0.555. The highest BCUT2D eigenvalue weighted by atomic mass is 79.9. The molecule has 8 heteroatoms. The van der Waals surface area contributed by atoms with Gasteiger partial charge in [-0.2, -0.15) is 0 Å². The maximum Gasteiger partial charge on any atom is 0.239 e. The molecule has 1 saturated heterocycles. The summed E-state index contributed by atoms with van der Waals surface area (Å²) in [6.07, 6.45) is 1.69. The molecule has 1 aromatic rings. The van der Waals surface area contributed by atoms with Crippen molar-refractivity contribution in [2.75, 3.05) is 32.8 Å². The van der Waals surface area contributed by atoms with Crippen LogP contribution in [0.25, 0.3) is 0 Å². The first-order valence-electron chi connectivity index (χ1n) is 7.63. The Morgan fingerprint density at radius 2 is 1.92 bits per heavy atom. The Balaban J connectivity index is 0.00000288. The van der Waals surface area contributed by atoms with Gasteiger partial charge in [-0.15, -0.1) is 12.4 Å². The number of hydrogen-bond acceptors (Lipinski definition) is 4. The molecule has 0 radical (unpaired) electrons. The summed E-state index contributed by atoms with van der Waals surface area (Å²) in [5.41, 5.74) is 6.24. The zero-order chi connectivity index (χ0) is 16.7. The lowest BCUT2D eigenvalue weighted by Gasteiger charge is -2.38. The van der Waals surface area contributed by atoms with Gasteiger partial charge in [-0.05, 0) is 30.5 Å². The van der Waals surface area contributed by atoms with Gasteiger partial charge in [0.25, 0.3) is 0 Å². The average Bonchev–Trinajstić information content (AvgIpc) is 2.58. The molecule has 4 N–H and O–H groups in total. The molecule has 1 aliphatic heterocycles. The van der Waals surface area contributed by atoms with Crippen molar-refractivity contribution in [1.82, 2.24) is 10.6 Å². The first kappa shape index (κ1) is 20.9. The van der Waals surface area contributed by atoms with Gasteiger partial charge in [0, 0.05) is 29.6 Å². The molecule has 1 fully saturated rings.